The predicted molar refractivity (Wildman–Crippen MR) is 115 cm³/mol. The Morgan fingerprint density at radius 3 is 2.80 bits per heavy atom. The van der Waals surface area contributed by atoms with E-state index in [-0.39, 0.29) is 36.0 Å². The van der Waals surface area contributed by atoms with Gasteiger partial charge < -0.3 is 20.7 Å². The minimum atomic E-state index is -0.0582. The van der Waals surface area contributed by atoms with Crippen LogP contribution >= 0.6 is 39.9 Å². The van der Waals surface area contributed by atoms with Gasteiger partial charge in [0.05, 0.1) is 6.10 Å². The molecule has 0 saturated carbocycles. The van der Waals surface area contributed by atoms with Crippen LogP contribution in [0.1, 0.15) is 29.6 Å². The van der Waals surface area contributed by atoms with Gasteiger partial charge in [0, 0.05) is 43.3 Å². The van der Waals surface area contributed by atoms with Crippen molar-refractivity contribution >= 4 is 51.8 Å². The number of carbonyl (C=O) groups is 1. The fourth-order valence-electron chi connectivity index (χ4n) is 2.47. The van der Waals surface area contributed by atoms with E-state index in [0.29, 0.717) is 12.1 Å². The van der Waals surface area contributed by atoms with Crippen LogP contribution in [0.2, 0.25) is 0 Å². The van der Waals surface area contributed by atoms with Gasteiger partial charge in [-0.3, -0.25) is 9.79 Å². The number of nitrogens with one attached hydrogen (secondary N) is 3. The highest BCUT2D eigenvalue weighted by atomic mass is 127. The summed E-state index contributed by atoms with van der Waals surface area (Å²) in [5.74, 6) is 0.709. The third-order valence-electron chi connectivity index (χ3n) is 3.76. The Hall–Kier alpha value is -0.870. The lowest BCUT2D eigenvalue weighted by Gasteiger charge is -2.15. The minimum Gasteiger partial charge on any atom is -0.376 e. The number of rotatable bonds is 7. The maximum absolute atomic E-state index is 12.0. The first kappa shape index (κ1) is 22.2. The molecule has 1 aromatic carbocycles. The molecule has 3 N–H and O–H groups in total. The molecule has 140 valence electrons. The summed E-state index contributed by atoms with van der Waals surface area (Å²) in [5.41, 5.74) is 0.659. The van der Waals surface area contributed by atoms with E-state index in [9.17, 15) is 4.79 Å². The van der Waals surface area contributed by atoms with Crippen LogP contribution in [-0.4, -0.2) is 51.3 Å². The number of amides is 1. The topological polar surface area (TPSA) is 74.8 Å². The number of hydrogen-bond acceptors (Lipinski definition) is 3. The molecular weight excluding hydrogens is 499 g/mol. The summed E-state index contributed by atoms with van der Waals surface area (Å²) in [7, 11) is 1.75. The molecule has 1 amide bonds. The Morgan fingerprint density at radius 2 is 2.12 bits per heavy atom. The molecule has 1 aliphatic heterocycles. The molecule has 6 nitrogen and oxygen atoms in total. The Kier molecular flexibility index (Phi) is 11.1. The molecule has 0 spiro atoms. The van der Waals surface area contributed by atoms with Crippen molar-refractivity contribution in [1.29, 1.82) is 0 Å². The number of aliphatic imine (C=N–C) groups is 1. The summed E-state index contributed by atoms with van der Waals surface area (Å²) in [4.78, 5) is 16.2. The number of halogens is 2. The summed E-state index contributed by atoms with van der Waals surface area (Å²) in [6, 6.07) is 7.36. The standard InChI is InChI=1S/C17H25BrN4O2.HI/c1-19-17(22-12-15-7-3-10-24-15)21-9-4-8-20-16(23)13-5-2-6-14(18)11-13;/h2,5-6,11,15H,3-4,7-10,12H2,1H3,(H,20,23)(H2,19,21,22);1H. The van der Waals surface area contributed by atoms with Gasteiger partial charge >= 0.3 is 0 Å². The third-order valence-corrected chi connectivity index (χ3v) is 4.26. The summed E-state index contributed by atoms with van der Waals surface area (Å²) in [6.45, 7) is 2.99. The van der Waals surface area contributed by atoms with Crippen LogP contribution in [-0.2, 0) is 4.74 Å². The molecule has 1 atom stereocenters. The second-order valence-electron chi connectivity index (χ2n) is 5.63. The van der Waals surface area contributed by atoms with E-state index < -0.39 is 0 Å². The molecule has 25 heavy (non-hydrogen) atoms. The first-order chi connectivity index (χ1) is 11.7. The van der Waals surface area contributed by atoms with Gasteiger partial charge in [0.1, 0.15) is 0 Å². The van der Waals surface area contributed by atoms with Crippen LogP contribution in [0.4, 0.5) is 0 Å². The maximum Gasteiger partial charge on any atom is 0.251 e. The molecule has 1 aliphatic rings. The summed E-state index contributed by atoms with van der Waals surface area (Å²) in [5, 5.41) is 9.42. The molecule has 0 aliphatic carbocycles. The van der Waals surface area contributed by atoms with E-state index in [1.54, 1.807) is 13.1 Å². The average molecular weight is 525 g/mol. The molecule has 1 heterocycles. The lowest BCUT2D eigenvalue weighted by Crippen LogP contribution is -2.42. The Labute approximate surface area is 174 Å². The molecule has 0 aromatic heterocycles. The largest absolute Gasteiger partial charge is 0.376 e. The molecule has 2 rings (SSSR count). The van der Waals surface area contributed by atoms with Crippen LogP contribution in [0.5, 0.6) is 0 Å². The van der Waals surface area contributed by atoms with Crippen molar-refractivity contribution in [2.75, 3.05) is 33.3 Å². The van der Waals surface area contributed by atoms with Gasteiger partial charge in [-0.25, -0.2) is 0 Å². The summed E-state index contributed by atoms with van der Waals surface area (Å²) < 4.78 is 6.47. The first-order valence-corrected chi connectivity index (χ1v) is 9.08. The van der Waals surface area contributed by atoms with E-state index in [2.05, 4.69) is 36.9 Å². The molecule has 1 unspecified atom stereocenters. The fourth-order valence-corrected chi connectivity index (χ4v) is 2.86. The normalized spacial score (nSPS) is 16.9. The van der Waals surface area contributed by atoms with Crippen LogP contribution in [0.25, 0.3) is 0 Å². The smallest absolute Gasteiger partial charge is 0.251 e. The van der Waals surface area contributed by atoms with E-state index in [1.165, 1.54) is 0 Å². The van der Waals surface area contributed by atoms with E-state index in [4.69, 9.17) is 4.74 Å². The number of ether oxygens (including phenoxy) is 1. The van der Waals surface area contributed by atoms with Crippen LogP contribution in [0.15, 0.2) is 33.7 Å². The maximum atomic E-state index is 12.0. The Balaban J connectivity index is 0.00000312. The molecule has 8 heteroatoms. The van der Waals surface area contributed by atoms with Gasteiger partial charge in [0.2, 0.25) is 0 Å². The molecule has 0 radical (unpaired) electrons. The van der Waals surface area contributed by atoms with Gasteiger partial charge in [-0.15, -0.1) is 24.0 Å². The third kappa shape index (κ3) is 8.37. The molecular formula is C17H26BrIN4O2. The average Bonchev–Trinajstić information content (AvgIpc) is 3.10. The number of nitrogens with zero attached hydrogens (tertiary/aromatic N) is 1. The van der Waals surface area contributed by atoms with Crippen molar-refractivity contribution in [3.63, 3.8) is 0 Å². The van der Waals surface area contributed by atoms with E-state index in [1.807, 2.05) is 18.2 Å². The second kappa shape index (κ2) is 12.5. The van der Waals surface area contributed by atoms with Crippen molar-refractivity contribution < 1.29 is 9.53 Å². The second-order valence-corrected chi connectivity index (χ2v) is 6.55. The van der Waals surface area contributed by atoms with E-state index in [0.717, 1.165) is 49.4 Å². The lowest BCUT2D eigenvalue weighted by molar-refractivity contribution is 0.0953. The quantitative estimate of drug-likeness (QED) is 0.222. The SMILES string of the molecule is CN=C(NCCCNC(=O)c1cccc(Br)c1)NCC1CCCO1.I. The van der Waals surface area contributed by atoms with Crippen molar-refractivity contribution in [2.45, 2.75) is 25.4 Å². The van der Waals surface area contributed by atoms with Crippen LogP contribution < -0.4 is 16.0 Å². The van der Waals surface area contributed by atoms with Crippen LogP contribution in [0, 0.1) is 0 Å². The van der Waals surface area contributed by atoms with Crippen molar-refractivity contribution in [1.82, 2.24) is 16.0 Å². The zero-order valence-corrected chi connectivity index (χ0v) is 18.3. The highest BCUT2D eigenvalue weighted by Crippen LogP contribution is 2.11. The van der Waals surface area contributed by atoms with Gasteiger partial charge in [-0.1, -0.05) is 22.0 Å². The van der Waals surface area contributed by atoms with Gasteiger partial charge in [0.25, 0.3) is 5.91 Å². The minimum absolute atomic E-state index is 0. The lowest BCUT2D eigenvalue weighted by atomic mass is 10.2. The van der Waals surface area contributed by atoms with E-state index >= 15 is 0 Å². The molecule has 1 aromatic rings. The Morgan fingerprint density at radius 1 is 1.32 bits per heavy atom. The van der Waals surface area contributed by atoms with Gasteiger partial charge in [-0.2, -0.15) is 0 Å². The van der Waals surface area contributed by atoms with Gasteiger partial charge in [-0.05, 0) is 37.5 Å². The first-order valence-electron chi connectivity index (χ1n) is 8.29. The highest BCUT2D eigenvalue weighted by Gasteiger charge is 2.15. The number of carbonyl (C=O) groups excluding carboxylic acids is 1. The fraction of sp³-hybridized carbons (Fsp3) is 0.529. The van der Waals surface area contributed by atoms with Crippen molar-refractivity contribution in [2.24, 2.45) is 4.99 Å². The molecule has 1 fully saturated rings. The van der Waals surface area contributed by atoms with Crippen LogP contribution in [0.3, 0.4) is 0 Å². The monoisotopic (exact) mass is 524 g/mol. The summed E-state index contributed by atoms with van der Waals surface area (Å²) in [6.07, 6.45) is 3.34. The summed E-state index contributed by atoms with van der Waals surface area (Å²) >= 11 is 3.37. The van der Waals surface area contributed by atoms with Crippen molar-refractivity contribution in [3.05, 3.63) is 34.3 Å². The number of guanidine groups is 1. The predicted octanol–water partition coefficient (Wildman–Crippen LogP) is 2.53. The zero-order valence-electron chi connectivity index (χ0n) is 14.4. The van der Waals surface area contributed by atoms with Gasteiger partial charge in [0.15, 0.2) is 5.96 Å². The van der Waals surface area contributed by atoms with Crippen molar-refractivity contribution in [3.8, 4) is 0 Å². The molecule has 0 bridgehead atoms. The Bertz CT molecular complexity index is 565. The number of benzene rings is 1. The highest BCUT2D eigenvalue weighted by molar-refractivity contribution is 14.0. The zero-order chi connectivity index (χ0) is 17.2. The number of hydrogen-bond donors (Lipinski definition) is 3. The molecule has 1 saturated heterocycles.